The van der Waals surface area contributed by atoms with Crippen molar-refractivity contribution in [3.63, 3.8) is 0 Å². The van der Waals surface area contributed by atoms with Gasteiger partial charge in [-0.25, -0.2) is 9.78 Å². The first-order chi connectivity index (χ1) is 10.1. The third kappa shape index (κ3) is 3.19. The van der Waals surface area contributed by atoms with E-state index in [9.17, 15) is 9.59 Å². The van der Waals surface area contributed by atoms with Crippen molar-refractivity contribution in [3.8, 4) is 0 Å². The number of likely N-dealkylation sites (tertiary alicyclic amines) is 1. The van der Waals surface area contributed by atoms with E-state index in [-0.39, 0.29) is 12.0 Å². The van der Waals surface area contributed by atoms with Crippen molar-refractivity contribution >= 4 is 23.6 Å². The van der Waals surface area contributed by atoms with Crippen LogP contribution < -0.4 is 0 Å². The number of rotatable bonds is 4. The van der Waals surface area contributed by atoms with Crippen LogP contribution in [0.5, 0.6) is 0 Å². The molecule has 1 aliphatic heterocycles. The Kier molecular flexibility index (Phi) is 5.19. The van der Waals surface area contributed by atoms with Gasteiger partial charge in [0.2, 0.25) is 0 Å². The predicted molar refractivity (Wildman–Crippen MR) is 78.3 cm³/mol. The summed E-state index contributed by atoms with van der Waals surface area (Å²) < 4.78 is 10.1. The number of thioether (sulfide) groups is 1. The molecule has 0 radical (unpaired) electrons. The van der Waals surface area contributed by atoms with Gasteiger partial charge in [-0.15, -0.1) is 11.8 Å². The Morgan fingerprint density at radius 3 is 2.81 bits per heavy atom. The molecule has 1 aliphatic rings. The molecule has 0 aromatic carbocycles. The van der Waals surface area contributed by atoms with E-state index >= 15 is 0 Å². The number of hydrogen-bond acceptors (Lipinski definition) is 6. The van der Waals surface area contributed by atoms with Crippen LogP contribution in [0.15, 0.2) is 23.4 Å². The summed E-state index contributed by atoms with van der Waals surface area (Å²) >= 11 is 1.40. The van der Waals surface area contributed by atoms with Gasteiger partial charge in [0.15, 0.2) is 0 Å². The summed E-state index contributed by atoms with van der Waals surface area (Å²) in [6.45, 7) is 0.373. The first-order valence-corrected chi connectivity index (χ1v) is 7.75. The summed E-state index contributed by atoms with van der Waals surface area (Å²) in [5.41, 5.74) is 0.496. The van der Waals surface area contributed by atoms with Gasteiger partial charge in [0.1, 0.15) is 11.1 Å². The van der Waals surface area contributed by atoms with Crippen LogP contribution in [0.3, 0.4) is 0 Å². The topological polar surface area (TPSA) is 68.7 Å². The van der Waals surface area contributed by atoms with E-state index in [1.165, 1.54) is 23.8 Å². The number of carbonyl (C=O) groups excluding carboxylic acids is 2. The first kappa shape index (κ1) is 15.8. The molecule has 0 spiro atoms. The Bertz CT molecular complexity index is 537. The Labute approximate surface area is 127 Å². The monoisotopic (exact) mass is 310 g/mol. The third-order valence-corrected chi connectivity index (χ3v) is 4.24. The molecule has 21 heavy (non-hydrogen) atoms. The SMILES string of the molecule is COC(=O)C1CC(OC)CN1C(=O)c1cccnc1SC. The van der Waals surface area contributed by atoms with Crippen LogP contribution in [-0.2, 0) is 14.3 Å². The molecule has 2 atom stereocenters. The van der Waals surface area contributed by atoms with Crippen molar-refractivity contribution in [2.75, 3.05) is 27.0 Å². The number of hydrogen-bond donors (Lipinski definition) is 0. The second-order valence-electron chi connectivity index (χ2n) is 4.65. The molecule has 114 valence electrons. The zero-order valence-electron chi connectivity index (χ0n) is 12.2. The molecule has 1 amide bonds. The first-order valence-electron chi connectivity index (χ1n) is 6.53. The van der Waals surface area contributed by atoms with Crippen molar-refractivity contribution in [1.29, 1.82) is 0 Å². The van der Waals surface area contributed by atoms with Gasteiger partial charge in [0.05, 0.1) is 18.8 Å². The van der Waals surface area contributed by atoms with Gasteiger partial charge >= 0.3 is 5.97 Å². The molecule has 1 fully saturated rings. The lowest BCUT2D eigenvalue weighted by Gasteiger charge is -2.23. The average molecular weight is 310 g/mol. The highest BCUT2D eigenvalue weighted by atomic mass is 32.2. The quantitative estimate of drug-likeness (QED) is 0.615. The Hall–Kier alpha value is -1.60. The van der Waals surface area contributed by atoms with E-state index in [4.69, 9.17) is 9.47 Å². The molecule has 1 aromatic heterocycles. The van der Waals surface area contributed by atoms with E-state index in [1.54, 1.807) is 25.4 Å². The van der Waals surface area contributed by atoms with E-state index in [2.05, 4.69) is 4.98 Å². The fourth-order valence-electron chi connectivity index (χ4n) is 2.42. The zero-order valence-corrected chi connectivity index (χ0v) is 13.1. The van der Waals surface area contributed by atoms with E-state index in [0.29, 0.717) is 23.6 Å². The highest BCUT2D eigenvalue weighted by Crippen LogP contribution is 2.26. The van der Waals surface area contributed by atoms with Crippen LogP contribution >= 0.6 is 11.8 Å². The second-order valence-corrected chi connectivity index (χ2v) is 5.45. The van der Waals surface area contributed by atoms with Crippen molar-refractivity contribution in [2.45, 2.75) is 23.6 Å². The number of pyridine rings is 1. The van der Waals surface area contributed by atoms with Gasteiger partial charge in [-0.05, 0) is 18.4 Å². The molecule has 1 saturated heterocycles. The zero-order chi connectivity index (χ0) is 15.4. The van der Waals surface area contributed by atoms with E-state index in [1.807, 2.05) is 6.26 Å². The third-order valence-electron chi connectivity index (χ3n) is 3.53. The lowest BCUT2D eigenvalue weighted by atomic mass is 10.2. The maximum atomic E-state index is 12.7. The minimum atomic E-state index is -0.609. The van der Waals surface area contributed by atoms with E-state index < -0.39 is 12.0 Å². The Morgan fingerprint density at radius 1 is 1.43 bits per heavy atom. The molecule has 0 bridgehead atoms. The van der Waals surface area contributed by atoms with Crippen molar-refractivity contribution in [3.05, 3.63) is 23.9 Å². The highest BCUT2D eigenvalue weighted by molar-refractivity contribution is 7.98. The highest BCUT2D eigenvalue weighted by Gasteiger charge is 2.41. The number of amides is 1. The van der Waals surface area contributed by atoms with Crippen LogP contribution in [0.1, 0.15) is 16.8 Å². The van der Waals surface area contributed by atoms with E-state index in [0.717, 1.165) is 0 Å². The summed E-state index contributed by atoms with van der Waals surface area (Å²) in [6.07, 6.45) is 3.79. The largest absolute Gasteiger partial charge is 0.467 e. The average Bonchev–Trinajstić information content (AvgIpc) is 2.97. The van der Waals surface area contributed by atoms with Crippen LogP contribution in [-0.4, -0.2) is 60.9 Å². The van der Waals surface area contributed by atoms with Crippen LogP contribution in [0.2, 0.25) is 0 Å². The smallest absolute Gasteiger partial charge is 0.328 e. The lowest BCUT2D eigenvalue weighted by Crippen LogP contribution is -2.41. The minimum Gasteiger partial charge on any atom is -0.467 e. The van der Waals surface area contributed by atoms with Gasteiger partial charge in [-0.1, -0.05) is 0 Å². The van der Waals surface area contributed by atoms with Crippen LogP contribution in [0.4, 0.5) is 0 Å². The fourth-order valence-corrected chi connectivity index (χ4v) is 2.96. The van der Waals surface area contributed by atoms with Crippen molar-refractivity contribution < 1.29 is 19.1 Å². The Balaban J connectivity index is 2.29. The number of nitrogens with zero attached hydrogens (tertiary/aromatic N) is 2. The molecule has 2 rings (SSSR count). The number of aromatic nitrogens is 1. The minimum absolute atomic E-state index is 0.160. The standard InChI is InChI=1S/C14H18N2O4S/c1-19-9-7-11(14(18)20-2)16(8-9)13(17)10-5-4-6-15-12(10)21-3/h4-6,9,11H,7-8H2,1-3H3. The molecule has 1 aromatic rings. The summed E-state index contributed by atoms with van der Waals surface area (Å²) in [4.78, 5) is 30.3. The lowest BCUT2D eigenvalue weighted by molar-refractivity contribution is -0.145. The number of esters is 1. The van der Waals surface area contributed by atoms with Crippen LogP contribution in [0.25, 0.3) is 0 Å². The molecular formula is C14H18N2O4S. The molecule has 2 unspecified atom stereocenters. The van der Waals surface area contributed by atoms with Gasteiger partial charge in [0, 0.05) is 26.3 Å². The van der Waals surface area contributed by atoms with Gasteiger partial charge in [-0.2, -0.15) is 0 Å². The maximum absolute atomic E-state index is 12.7. The second kappa shape index (κ2) is 6.91. The summed E-state index contributed by atoms with van der Waals surface area (Å²) in [5.74, 6) is -0.639. The fraction of sp³-hybridized carbons (Fsp3) is 0.500. The number of ether oxygens (including phenoxy) is 2. The van der Waals surface area contributed by atoms with Gasteiger partial charge in [-0.3, -0.25) is 4.79 Å². The normalized spacial score (nSPS) is 21.4. The molecule has 6 nitrogen and oxygen atoms in total. The van der Waals surface area contributed by atoms with Crippen LogP contribution in [0, 0.1) is 0 Å². The van der Waals surface area contributed by atoms with Gasteiger partial charge < -0.3 is 14.4 Å². The number of methoxy groups -OCH3 is 2. The number of carbonyl (C=O) groups is 2. The molecule has 2 heterocycles. The maximum Gasteiger partial charge on any atom is 0.328 e. The summed E-state index contributed by atoms with van der Waals surface area (Å²) in [6, 6.07) is 2.82. The molecule has 0 N–H and O–H groups in total. The molecular weight excluding hydrogens is 292 g/mol. The molecule has 0 aliphatic carbocycles. The van der Waals surface area contributed by atoms with Crippen molar-refractivity contribution in [2.24, 2.45) is 0 Å². The predicted octanol–water partition coefficient (Wildman–Crippen LogP) is 1.21. The van der Waals surface area contributed by atoms with Gasteiger partial charge in [0.25, 0.3) is 5.91 Å². The molecule has 7 heteroatoms. The summed E-state index contributed by atoms with van der Waals surface area (Å²) in [7, 11) is 2.90. The summed E-state index contributed by atoms with van der Waals surface area (Å²) in [5, 5.41) is 0.645. The van der Waals surface area contributed by atoms with Crippen molar-refractivity contribution in [1.82, 2.24) is 9.88 Å². The molecule has 0 saturated carbocycles. The Morgan fingerprint density at radius 2 is 2.19 bits per heavy atom.